The normalized spacial score (nSPS) is 10.7. The number of hydrogen-bond acceptors (Lipinski definition) is 4. The van der Waals surface area contributed by atoms with Gasteiger partial charge in [-0.25, -0.2) is 4.79 Å². The number of benzene rings is 2. The topological polar surface area (TPSA) is 56.5 Å². The highest BCUT2D eigenvalue weighted by molar-refractivity contribution is 5.99. The van der Waals surface area contributed by atoms with Gasteiger partial charge >= 0.3 is 5.97 Å². The van der Waals surface area contributed by atoms with Crippen LogP contribution >= 0.6 is 0 Å². The van der Waals surface area contributed by atoms with Crippen LogP contribution in [0.1, 0.15) is 22.8 Å². The summed E-state index contributed by atoms with van der Waals surface area (Å²) in [5.74, 6) is -0.422. The van der Waals surface area contributed by atoms with E-state index < -0.39 is 5.97 Å². The second-order valence-electron chi connectivity index (χ2n) is 5.22. The molecule has 1 heterocycles. The molecular formula is C19H16O4. The quantitative estimate of drug-likeness (QED) is 0.688. The largest absolute Gasteiger partial charge is 0.462 e. The Hall–Kier alpha value is -2.88. The van der Waals surface area contributed by atoms with Crippen LogP contribution in [0.3, 0.4) is 0 Å². The highest BCUT2D eigenvalue weighted by atomic mass is 16.5. The van der Waals surface area contributed by atoms with Crippen LogP contribution in [0.25, 0.3) is 22.3 Å². The van der Waals surface area contributed by atoms with Crippen molar-refractivity contribution >= 4 is 16.9 Å². The average molecular weight is 308 g/mol. The van der Waals surface area contributed by atoms with E-state index in [1.54, 1.807) is 31.2 Å². The molecule has 0 aliphatic rings. The number of carbonyl (C=O) groups excluding carboxylic acids is 1. The van der Waals surface area contributed by atoms with Gasteiger partial charge in [0.05, 0.1) is 12.0 Å². The number of aryl methyl sites for hydroxylation is 1. The van der Waals surface area contributed by atoms with E-state index in [0.717, 1.165) is 5.56 Å². The van der Waals surface area contributed by atoms with Crippen molar-refractivity contribution in [3.05, 3.63) is 69.9 Å². The molecule has 0 atom stereocenters. The van der Waals surface area contributed by atoms with E-state index in [2.05, 4.69) is 0 Å². The summed E-state index contributed by atoms with van der Waals surface area (Å²) in [6.07, 6.45) is 0. The monoisotopic (exact) mass is 308 g/mol. The van der Waals surface area contributed by atoms with Crippen LogP contribution < -0.4 is 5.43 Å². The summed E-state index contributed by atoms with van der Waals surface area (Å²) in [6, 6.07) is 14.4. The van der Waals surface area contributed by atoms with Gasteiger partial charge in [0, 0.05) is 5.56 Å². The Morgan fingerprint density at radius 3 is 2.57 bits per heavy atom. The van der Waals surface area contributed by atoms with Crippen molar-refractivity contribution in [1.29, 1.82) is 0 Å². The van der Waals surface area contributed by atoms with E-state index in [1.807, 2.05) is 31.2 Å². The SMILES string of the molecule is CCOC(=O)c1c(-c2ccccc2)oc2ccc(C)cc2c1=O. The molecule has 0 bridgehead atoms. The molecule has 116 valence electrons. The first kappa shape index (κ1) is 15.0. The van der Waals surface area contributed by atoms with Gasteiger partial charge in [-0.1, -0.05) is 42.0 Å². The third-order valence-corrected chi connectivity index (χ3v) is 3.56. The zero-order valence-corrected chi connectivity index (χ0v) is 13.0. The fourth-order valence-corrected chi connectivity index (χ4v) is 2.49. The number of hydrogen-bond donors (Lipinski definition) is 0. The first-order chi connectivity index (χ1) is 11.1. The molecular weight excluding hydrogens is 292 g/mol. The van der Waals surface area contributed by atoms with Crippen LogP contribution in [0.2, 0.25) is 0 Å². The summed E-state index contributed by atoms with van der Waals surface area (Å²) in [5.41, 5.74) is 1.61. The Bertz CT molecular complexity index is 923. The highest BCUT2D eigenvalue weighted by Gasteiger charge is 2.23. The van der Waals surface area contributed by atoms with Crippen molar-refractivity contribution in [2.24, 2.45) is 0 Å². The molecule has 0 aliphatic carbocycles. The van der Waals surface area contributed by atoms with E-state index in [4.69, 9.17) is 9.15 Å². The zero-order valence-electron chi connectivity index (χ0n) is 13.0. The second kappa shape index (κ2) is 6.08. The lowest BCUT2D eigenvalue weighted by molar-refractivity contribution is 0.0524. The van der Waals surface area contributed by atoms with Crippen LogP contribution in [0.15, 0.2) is 57.7 Å². The Kier molecular flexibility index (Phi) is 3.98. The second-order valence-corrected chi connectivity index (χ2v) is 5.22. The van der Waals surface area contributed by atoms with Crippen molar-refractivity contribution in [3.63, 3.8) is 0 Å². The number of rotatable bonds is 3. The fourth-order valence-electron chi connectivity index (χ4n) is 2.49. The molecule has 0 fully saturated rings. The van der Waals surface area contributed by atoms with Crippen LogP contribution in [-0.2, 0) is 4.74 Å². The molecule has 2 aromatic carbocycles. The van der Waals surface area contributed by atoms with Crippen molar-refractivity contribution in [3.8, 4) is 11.3 Å². The van der Waals surface area contributed by atoms with Gasteiger partial charge in [-0.2, -0.15) is 0 Å². The molecule has 23 heavy (non-hydrogen) atoms. The maximum atomic E-state index is 12.8. The Morgan fingerprint density at radius 2 is 1.87 bits per heavy atom. The van der Waals surface area contributed by atoms with Crippen molar-refractivity contribution < 1.29 is 13.9 Å². The maximum Gasteiger partial charge on any atom is 0.346 e. The van der Waals surface area contributed by atoms with Gasteiger partial charge in [0.25, 0.3) is 0 Å². The summed E-state index contributed by atoms with van der Waals surface area (Å²) in [6.45, 7) is 3.78. The molecule has 0 saturated carbocycles. The fraction of sp³-hybridized carbons (Fsp3) is 0.158. The highest BCUT2D eigenvalue weighted by Crippen LogP contribution is 2.26. The van der Waals surface area contributed by atoms with Crippen LogP contribution in [0.4, 0.5) is 0 Å². The summed E-state index contributed by atoms with van der Waals surface area (Å²) in [7, 11) is 0. The Morgan fingerprint density at radius 1 is 1.13 bits per heavy atom. The lowest BCUT2D eigenvalue weighted by Gasteiger charge is -2.10. The van der Waals surface area contributed by atoms with Crippen LogP contribution in [-0.4, -0.2) is 12.6 Å². The van der Waals surface area contributed by atoms with E-state index in [-0.39, 0.29) is 23.4 Å². The molecule has 4 heteroatoms. The zero-order chi connectivity index (χ0) is 16.4. The van der Waals surface area contributed by atoms with Gasteiger partial charge in [0.15, 0.2) is 11.3 Å². The minimum absolute atomic E-state index is 0.0591. The average Bonchev–Trinajstić information content (AvgIpc) is 2.56. The van der Waals surface area contributed by atoms with Crippen LogP contribution in [0, 0.1) is 6.92 Å². The molecule has 0 spiro atoms. The smallest absolute Gasteiger partial charge is 0.346 e. The van der Waals surface area contributed by atoms with Crippen molar-refractivity contribution in [2.75, 3.05) is 6.61 Å². The molecule has 0 N–H and O–H groups in total. The van der Waals surface area contributed by atoms with Gasteiger partial charge < -0.3 is 9.15 Å². The van der Waals surface area contributed by atoms with Gasteiger partial charge in [-0.3, -0.25) is 4.79 Å². The Labute approximate surface area is 133 Å². The molecule has 4 nitrogen and oxygen atoms in total. The predicted octanol–water partition coefficient (Wildman–Crippen LogP) is 3.95. The van der Waals surface area contributed by atoms with Crippen LogP contribution in [0.5, 0.6) is 0 Å². The first-order valence-corrected chi connectivity index (χ1v) is 7.42. The van der Waals surface area contributed by atoms with Gasteiger partial charge in [0.2, 0.25) is 5.43 Å². The van der Waals surface area contributed by atoms with Gasteiger partial charge in [-0.15, -0.1) is 0 Å². The number of ether oxygens (including phenoxy) is 1. The molecule has 3 aromatic rings. The van der Waals surface area contributed by atoms with Crippen molar-refractivity contribution in [2.45, 2.75) is 13.8 Å². The number of esters is 1. The molecule has 0 unspecified atom stereocenters. The van der Waals surface area contributed by atoms with E-state index >= 15 is 0 Å². The molecule has 0 radical (unpaired) electrons. The summed E-state index contributed by atoms with van der Waals surface area (Å²) in [5, 5.41) is 0.382. The van der Waals surface area contributed by atoms with E-state index in [9.17, 15) is 9.59 Å². The minimum Gasteiger partial charge on any atom is -0.462 e. The predicted molar refractivity (Wildman–Crippen MR) is 88.6 cm³/mol. The van der Waals surface area contributed by atoms with E-state index in [1.165, 1.54) is 0 Å². The van der Waals surface area contributed by atoms with E-state index in [0.29, 0.717) is 16.5 Å². The molecule has 3 rings (SSSR count). The molecule has 1 aromatic heterocycles. The summed E-state index contributed by atoms with van der Waals surface area (Å²) < 4.78 is 10.9. The maximum absolute atomic E-state index is 12.8. The molecule has 0 aliphatic heterocycles. The first-order valence-electron chi connectivity index (χ1n) is 7.42. The number of carbonyl (C=O) groups is 1. The summed E-state index contributed by atoms with van der Waals surface area (Å²) >= 11 is 0. The van der Waals surface area contributed by atoms with Crippen molar-refractivity contribution in [1.82, 2.24) is 0 Å². The minimum atomic E-state index is -0.663. The molecule has 0 saturated heterocycles. The standard InChI is InChI=1S/C19H16O4/c1-3-22-19(21)16-17(20)14-11-12(2)9-10-15(14)23-18(16)13-7-5-4-6-8-13/h4-11H,3H2,1-2H3. The third kappa shape index (κ3) is 2.75. The Balaban J connectivity index is 2.37. The lowest BCUT2D eigenvalue weighted by Crippen LogP contribution is -2.19. The summed E-state index contributed by atoms with van der Waals surface area (Å²) in [4.78, 5) is 25.1. The van der Waals surface area contributed by atoms with Gasteiger partial charge in [-0.05, 0) is 26.0 Å². The molecule has 0 amide bonds. The third-order valence-electron chi connectivity index (χ3n) is 3.56. The lowest BCUT2D eigenvalue weighted by atomic mass is 10.0. The van der Waals surface area contributed by atoms with Gasteiger partial charge in [0.1, 0.15) is 5.58 Å². The number of fused-ring (bicyclic) bond motifs is 1.